The lowest BCUT2D eigenvalue weighted by Crippen LogP contribution is -2.09. The molecule has 8 heteroatoms. The van der Waals surface area contributed by atoms with Gasteiger partial charge in [0.05, 0.1) is 41.2 Å². The molecule has 0 saturated carbocycles. The summed E-state index contributed by atoms with van der Waals surface area (Å²) in [6.45, 7) is 0. The molecule has 0 aliphatic heterocycles. The van der Waals surface area contributed by atoms with Gasteiger partial charge in [-0.15, -0.1) is 0 Å². The third-order valence-electron chi connectivity index (χ3n) is 5.34. The highest BCUT2D eigenvalue weighted by molar-refractivity contribution is 6.03. The molecule has 36 heavy (non-hydrogen) atoms. The number of nitrogens with two attached hydrogens (primary N) is 1. The predicted molar refractivity (Wildman–Crippen MR) is 143 cm³/mol. The van der Waals surface area contributed by atoms with Gasteiger partial charge in [0.2, 0.25) is 11.7 Å². The van der Waals surface area contributed by atoms with Crippen LogP contribution in [0.4, 0.5) is 11.4 Å². The summed E-state index contributed by atoms with van der Waals surface area (Å²) in [6.07, 6.45) is 6.88. The van der Waals surface area contributed by atoms with Crippen LogP contribution in [0.5, 0.6) is 28.7 Å². The van der Waals surface area contributed by atoms with Gasteiger partial charge in [-0.1, -0.05) is 18.2 Å². The number of anilines is 2. The molecular formula is C28H30N2O6. The van der Waals surface area contributed by atoms with Crippen LogP contribution in [0.15, 0.2) is 54.6 Å². The van der Waals surface area contributed by atoms with Gasteiger partial charge in [-0.2, -0.15) is 0 Å². The predicted octanol–water partition coefficient (Wildman–Crippen LogP) is 5.13. The summed E-state index contributed by atoms with van der Waals surface area (Å²) in [5.41, 5.74) is 9.35. The molecular weight excluding hydrogens is 460 g/mol. The van der Waals surface area contributed by atoms with Crippen LogP contribution >= 0.6 is 0 Å². The van der Waals surface area contributed by atoms with E-state index < -0.39 is 0 Å². The summed E-state index contributed by atoms with van der Waals surface area (Å²) in [6, 6.07) is 14.4. The van der Waals surface area contributed by atoms with Crippen LogP contribution in [0, 0.1) is 0 Å². The van der Waals surface area contributed by atoms with E-state index in [2.05, 4.69) is 5.32 Å². The van der Waals surface area contributed by atoms with Gasteiger partial charge >= 0.3 is 0 Å². The fourth-order valence-corrected chi connectivity index (χ4v) is 3.48. The number of carbonyl (C=O) groups excluding carboxylic acids is 1. The molecule has 0 aromatic heterocycles. The summed E-state index contributed by atoms with van der Waals surface area (Å²) >= 11 is 0. The lowest BCUT2D eigenvalue weighted by atomic mass is 10.1. The SMILES string of the molecule is COc1ccc(NC(=O)/C=C/c2ccc(N)c(OC)c2)c(C=Cc2cc(OC)c(OC)c(OC)c2)c1. The maximum Gasteiger partial charge on any atom is 0.248 e. The Kier molecular flexibility index (Phi) is 8.83. The standard InChI is InChI=1S/C28H30N2O6/c1-32-21-10-12-23(30-27(31)13-8-18-7-11-22(29)24(14-18)33-2)20(17-21)9-6-19-15-25(34-3)28(36-5)26(16-19)35-4/h6-17H,29H2,1-5H3,(H,30,31)/b9-6?,13-8+. The van der Waals surface area contributed by atoms with Crippen LogP contribution in [-0.4, -0.2) is 41.5 Å². The summed E-state index contributed by atoms with van der Waals surface area (Å²) in [7, 11) is 7.81. The minimum Gasteiger partial charge on any atom is -0.497 e. The Bertz CT molecular complexity index is 1260. The van der Waals surface area contributed by atoms with E-state index >= 15 is 0 Å². The molecule has 0 radical (unpaired) electrons. The Morgan fingerprint density at radius 3 is 2.00 bits per heavy atom. The van der Waals surface area contributed by atoms with Gasteiger partial charge < -0.3 is 34.7 Å². The van der Waals surface area contributed by atoms with Crippen molar-refractivity contribution in [2.75, 3.05) is 46.6 Å². The van der Waals surface area contributed by atoms with Crippen molar-refractivity contribution < 1.29 is 28.5 Å². The van der Waals surface area contributed by atoms with Crippen LogP contribution in [-0.2, 0) is 4.79 Å². The zero-order valence-corrected chi connectivity index (χ0v) is 21.0. The number of carbonyl (C=O) groups is 1. The Labute approximate surface area is 210 Å². The average Bonchev–Trinajstić information content (AvgIpc) is 2.91. The molecule has 0 atom stereocenters. The number of amides is 1. The number of rotatable bonds is 10. The molecule has 3 aromatic carbocycles. The Balaban J connectivity index is 1.86. The van der Waals surface area contributed by atoms with Crippen molar-refractivity contribution in [3.63, 3.8) is 0 Å². The third kappa shape index (κ3) is 6.29. The number of methoxy groups -OCH3 is 5. The number of hydrogen-bond donors (Lipinski definition) is 2. The molecule has 1 amide bonds. The molecule has 3 aromatic rings. The van der Waals surface area contributed by atoms with E-state index in [1.165, 1.54) is 6.08 Å². The molecule has 0 unspecified atom stereocenters. The van der Waals surface area contributed by atoms with E-state index in [0.717, 1.165) is 16.7 Å². The van der Waals surface area contributed by atoms with E-state index in [1.54, 1.807) is 72.0 Å². The quantitative estimate of drug-likeness (QED) is 0.231. The zero-order valence-electron chi connectivity index (χ0n) is 21.0. The molecule has 188 valence electrons. The first-order valence-electron chi connectivity index (χ1n) is 11.0. The summed E-state index contributed by atoms with van der Waals surface area (Å²) in [4.78, 5) is 12.7. The molecule has 0 heterocycles. The maximum atomic E-state index is 12.7. The molecule has 0 aliphatic rings. The van der Waals surface area contributed by atoms with Crippen molar-refractivity contribution in [2.45, 2.75) is 0 Å². The molecule has 3 rings (SSSR count). The Morgan fingerprint density at radius 1 is 0.722 bits per heavy atom. The van der Waals surface area contributed by atoms with Crippen LogP contribution < -0.4 is 34.7 Å². The number of ether oxygens (including phenoxy) is 5. The molecule has 8 nitrogen and oxygen atoms in total. The summed E-state index contributed by atoms with van der Waals surface area (Å²) in [5, 5.41) is 2.91. The Morgan fingerprint density at radius 2 is 1.39 bits per heavy atom. The smallest absolute Gasteiger partial charge is 0.248 e. The van der Waals surface area contributed by atoms with Gasteiger partial charge in [0, 0.05) is 17.3 Å². The van der Waals surface area contributed by atoms with Crippen LogP contribution in [0.25, 0.3) is 18.2 Å². The molecule has 0 fully saturated rings. The topological polar surface area (TPSA) is 101 Å². The first kappa shape index (κ1) is 26.0. The molecule has 3 N–H and O–H groups in total. The normalized spacial score (nSPS) is 10.9. The van der Waals surface area contributed by atoms with E-state index in [4.69, 9.17) is 29.4 Å². The lowest BCUT2D eigenvalue weighted by molar-refractivity contribution is -0.111. The molecule has 0 bridgehead atoms. The lowest BCUT2D eigenvalue weighted by Gasteiger charge is -2.13. The highest BCUT2D eigenvalue weighted by Gasteiger charge is 2.12. The van der Waals surface area contributed by atoms with Crippen molar-refractivity contribution >= 4 is 35.5 Å². The van der Waals surface area contributed by atoms with Crippen LogP contribution in [0.3, 0.4) is 0 Å². The fraction of sp³-hybridized carbons (Fsp3) is 0.179. The highest BCUT2D eigenvalue weighted by Crippen LogP contribution is 2.38. The minimum atomic E-state index is -0.293. The van der Waals surface area contributed by atoms with Gasteiger partial charge in [0.25, 0.3) is 0 Å². The molecule has 0 saturated heterocycles. The van der Waals surface area contributed by atoms with Crippen molar-refractivity contribution in [1.82, 2.24) is 0 Å². The molecule has 0 aliphatic carbocycles. The zero-order chi connectivity index (χ0) is 26.1. The van der Waals surface area contributed by atoms with E-state index in [1.807, 2.05) is 30.4 Å². The van der Waals surface area contributed by atoms with E-state index in [9.17, 15) is 4.79 Å². The van der Waals surface area contributed by atoms with Crippen molar-refractivity contribution in [3.8, 4) is 28.7 Å². The Hall–Kier alpha value is -4.59. The first-order valence-corrected chi connectivity index (χ1v) is 11.0. The highest BCUT2D eigenvalue weighted by atomic mass is 16.5. The number of nitrogens with one attached hydrogen (secondary N) is 1. The van der Waals surface area contributed by atoms with Crippen molar-refractivity contribution in [2.24, 2.45) is 0 Å². The summed E-state index contributed by atoms with van der Waals surface area (Å²) in [5.74, 6) is 2.50. The summed E-state index contributed by atoms with van der Waals surface area (Å²) < 4.78 is 26.8. The van der Waals surface area contributed by atoms with Crippen molar-refractivity contribution in [1.29, 1.82) is 0 Å². The molecule has 0 spiro atoms. The van der Waals surface area contributed by atoms with Gasteiger partial charge in [-0.25, -0.2) is 0 Å². The number of nitrogen functional groups attached to an aromatic ring is 1. The number of hydrogen-bond acceptors (Lipinski definition) is 7. The number of benzene rings is 3. The van der Waals surface area contributed by atoms with Gasteiger partial charge in [0.1, 0.15) is 11.5 Å². The third-order valence-corrected chi connectivity index (χ3v) is 5.34. The second-order valence-electron chi connectivity index (χ2n) is 7.57. The van der Waals surface area contributed by atoms with E-state index in [-0.39, 0.29) is 5.91 Å². The minimum absolute atomic E-state index is 0.293. The van der Waals surface area contributed by atoms with Gasteiger partial charge in [0.15, 0.2) is 11.5 Å². The van der Waals surface area contributed by atoms with Gasteiger partial charge in [-0.05, 0) is 59.7 Å². The maximum absolute atomic E-state index is 12.7. The second kappa shape index (κ2) is 12.2. The average molecular weight is 491 g/mol. The monoisotopic (exact) mass is 490 g/mol. The van der Waals surface area contributed by atoms with Crippen molar-refractivity contribution in [3.05, 3.63) is 71.3 Å². The fourth-order valence-electron chi connectivity index (χ4n) is 3.48. The van der Waals surface area contributed by atoms with Gasteiger partial charge in [-0.3, -0.25) is 4.79 Å². The van der Waals surface area contributed by atoms with Crippen LogP contribution in [0.2, 0.25) is 0 Å². The second-order valence-corrected chi connectivity index (χ2v) is 7.57. The van der Waals surface area contributed by atoms with Crippen LogP contribution in [0.1, 0.15) is 16.7 Å². The first-order chi connectivity index (χ1) is 17.4. The van der Waals surface area contributed by atoms with E-state index in [0.29, 0.717) is 40.1 Å². The largest absolute Gasteiger partial charge is 0.497 e.